The van der Waals surface area contributed by atoms with Gasteiger partial charge in [-0.05, 0) is 86.6 Å². The molecule has 1 aromatic heterocycles. The average Bonchev–Trinajstić information content (AvgIpc) is 2.73. The Balaban J connectivity index is 1.54. The van der Waals surface area contributed by atoms with Crippen LogP contribution in [0.15, 0.2) is 48.8 Å². The summed E-state index contributed by atoms with van der Waals surface area (Å²) in [6.45, 7) is 3.63. The number of carbonyl (C=O) groups is 1. The van der Waals surface area contributed by atoms with Gasteiger partial charge in [-0.1, -0.05) is 23.7 Å². The first-order chi connectivity index (χ1) is 13.7. The lowest BCUT2D eigenvalue weighted by Crippen LogP contribution is -2.39. The summed E-state index contributed by atoms with van der Waals surface area (Å²) < 4.78 is 0. The second kappa shape index (κ2) is 11.1. The fraction of sp³-hybridized carbons (Fsp3) is 0.455. The van der Waals surface area contributed by atoms with Gasteiger partial charge in [0, 0.05) is 24.0 Å². The molecule has 0 aliphatic carbocycles. The molecule has 2 heterocycles. The third-order valence-electron chi connectivity index (χ3n) is 5.29. The van der Waals surface area contributed by atoms with E-state index in [9.17, 15) is 4.79 Å². The van der Waals surface area contributed by atoms with E-state index >= 15 is 0 Å². The minimum atomic E-state index is -0.364. The molecular weight excluding hydrogens is 372 g/mol. The number of benzene rings is 1. The summed E-state index contributed by atoms with van der Waals surface area (Å²) in [7, 11) is 0. The molecule has 6 heteroatoms. The van der Waals surface area contributed by atoms with E-state index in [-0.39, 0.29) is 11.9 Å². The Kier molecular flexibility index (Phi) is 8.27. The highest BCUT2D eigenvalue weighted by Crippen LogP contribution is 2.19. The molecule has 1 unspecified atom stereocenters. The predicted octanol–water partition coefficient (Wildman–Crippen LogP) is 3.11. The molecule has 1 amide bonds. The third kappa shape index (κ3) is 6.59. The van der Waals surface area contributed by atoms with Crippen LogP contribution in [0.4, 0.5) is 0 Å². The Morgan fingerprint density at radius 3 is 2.54 bits per heavy atom. The van der Waals surface area contributed by atoms with Crippen LogP contribution in [0.1, 0.15) is 36.4 Å². The monoisotopic (exact) mass is 400 g/mol. The maximum Gasteiger partial charge on any atom is 0.241 e. The minimum absolute atomic E-state index is 0.00156. The van der Waals surface area contributed by atoms with Gasteiger partial charge < -0.3 is 16.0 Å². The second-order valence-electron chi connectivity index (χ2n) is 7.32. The summed E-state index contributed by atoms with van der Waals surface area (Å²) in [6, 6.07) is 11.1. The van der Waals surface area contributed by atoms with E-state index in [1.54, 1.807) is 12.4 Å². The zero-order chi connectivity index (χ0) is 19.6. The van der Waals surface area contributed by atoms with Crippen molar-refractivity contribution in [2.24, 2.45) is 5.92 Å². The van der Waals surface area contributed by atoms with Crippen molar-refractivity contribution in [2.75, 3.05) is 26.2 Å². The highest BCUT2D eigenvalue weighted by Gasteiger charge is 2.21. The van der Waals surface area contributed by atoms with Crippen molar-refractivity contribution >= 4 is 17.5 Å². The van der Waals surface area contributed by atoms with E-state index in [1.807, 2.05) is 36.4 Å². The van der Waals surface area contributed by atoms with Crippen LogP contribution in [0, 0.1) is 5.92 Å². The van der Waals surface area contributed by atoms with Crippen LogP contribution >= 0.6 is 11.6 Å². The number of pyridine rings is 1. The number of amides is 1. The number of aromatic nitrogens is 1. The lowest BCUT2D eigenvalue weighted by atomic mass is 9.94. The molecule has 5 nitrogen and oxygen atoms in total. The van der Waals surface area contributed by atoms with E-state index in [4.69, 9.17) is 11.6 Å². The van der Waals surface area contributed by atoms with Crippen LogP contribution in [-0.4, -0.2) is 37.1 Å². The molecule has 150 valence electrons. The topological polar surface area (TPSA) is 66.0 Å². The fourth-order valence-electron chi connectivity index (χ4n) is 3.60. The number of carbonyl (C=O) groups excluding carboxylic acids is 1. The van der Waals surface area contributed by atoms with Crippen LogP contribution in [0.25, 0.3) is 0 Å². The maximum atomic E-state index is 12.9. The molecule has 0 bridgehead atoms. The van der Waals surface area contributed by atoms with Crippen molar-refractivity contribution in [1.29, 1.82) is 0 Å². The zero-order valence-electron chi connectivity index (χ0n) is 16.2. The number of piperidine rings is 1. The molecule has 0 saturated carbocycles. The molecule has 1 fully saturated rings. The van der Waals surface area contributed by atoms with Crippen LogP contribution in [0.2, 0.25) is 5.02 Å². The van der Waals surface area contributed by atoms with Crippen LogP contribution < -0.4 is 16.0 Å². The van der Waals surface area contributed by atoms with Crippen molar-refractivity contribution in [3.63, 3.8) is 0 Å². The normalized spacial score (nSPS) is 15.9. The SMILES string of the molecule is O=C(NCCc1ccncc1)C(NCCC1CCNCC1)c1ccc(Cl)cc1. The minimum Gasteiger partial charge on any atom is -0.354 e. The molecule has 0 radical (unpaired) electrons. The van der Waals surface area contributed by atoms with Crippen molar-refractivity contribution in [2.45, 2.75) is 31.7 Å². The standard InChI is InChI=1S/C22H29ClN4O/c23-20-3-1-19(2-4-20)21(26-15-9-17-5-11-24-12-6-17)22(28)27-16-10-18-7-13-25-14-8-18/h1-4,7-8,13-14,17,21,24,26H,5-6,9-12,15-16H2,(H,27,28). The summed E-state index contributed by atoms with van der Waals surface area (Å²) in [5.74, 6) is 0.732. The van der Waals surface area contributed by atoms with Gasteiger partial charge in [-0.25, -0.2) is 0 Å². The predicted molar refractivity (Wildman–Crippen MR) is 113 cm³/mol. The smallest absolute Gasteiger partial charge is 0.241 e. The van der Waals surface area contributed by atoms with Crippen LogP contribution in [0.5, 0.6) is 0 Å². The summed E-state index contributed by atoms with van der Waals surface area (Å²) in [4.78, 5) is 16.9. The van der Waals surface area contributed by atoms with Gasteiger partial charge in [0.15, 0.2) is 0 Å². The first-order valence-electron chi connectivity index (χ1n) is 10.1. The number of rotatable bonds is 9. The van der Waals surface area contributed by atoms with E-state index in [2.05, 4.69) is 20.9 Å². The van der Waals surface area contributed by atoms with Crippen molar-refractivity contribution < 1.29 is 4.79 Å². The quantitative estimate of drug-likeness (QED) is 0.605. The lowest BCUT2D eigenvalue weighted by molar-refractivity contribution is -0.123. The number of nitrogens with one attached hydrogen (secondary N) is 3. The zero-order valence-corrected chi connectivity index (χ0v) is 16.9. The number of nitrogens with zero attached hydrogens (tertiary/aromatic N) is 1. The van der Waals surface area contributed by atoms with E-state index < -0.39 is 0 Å². The van der Waals surface area contributed by atoms with Gasteiger partial charge in [-0.15, -0.1) is 0 Å². The van der Waals surface area contributed by atoms with Gasteiger partial charge >= 0.3 is 0 Å². The number of hydrogen-bond acceptors (Lipinski definition) is 4. The molecule has 1 atom stereocenters. The summed E-state index contributed by atoms with van der Waals surface area (Å²) in [5, 5.41) is 10.6. The van der Waals surface area contributed by atoms with Gasteiger partial charge in [0.2, 0.25) is 5.91 Å². The van der Waals surface area contributed by atoms with Gasteiger partial charge in [-0.2, -0.15) is 0 Å². The Bertz CT molecular complexity index is 717. The maximum absolute atomic E-state index is 12.9. The number of halogens is 1. The summed E-state index contributed by atoms with van der Waals surface area (Å²) >= 11 is 6.02. The molecule has 1 aliphatic heterocycles. The van der Waals surface area contributed by atoms with Crippen molar-refractivity contribution in [3.05, 3.63) is 64.9 Å². The summed E-state index contributed by atoms with van der Waals surface area (Å²) in [5.41, 5.74) is 2.10. The first-order valence-corrected chi connectivity index (χ1v) is 10.5. The van der Waals surface area contributed by atoms with Crippen molar-refractivity contribution in [1.82, 2.24) is 20.9 Å². The average molecular weight is 401 g/mol. The molecule has 3 N–H and O–H groups in total. The lowest BCUT2D eigenvalue weighted by Gasteiger charge is -2.24. The van der Waals surface area contributed by atoms with E-state index in [1.165, 1.54) is 12.8 Å². The highest BCUT2D eigenvalue weighted by molar-refractivity contribution is 6.30. The molecule has 3 rings (SSSR count). The third-order valence-corrected chi connectivity index (χ3v) is 5.54. The molecule has 0 spiro atoms. The van der Waals surface area contributed by atoms with Crippen molar-refractivity contribution in [3.8, 4) is 0 Å². The highest BCUT2D eigenvalue weighted by atomic mass is 35.5. The molecule has 28 heavy (non-hydrogen) atoms. The van der Waals surface area contributed by atoms with Gasteiger partial charge in [-0.3, -0.25) is 9.78 Å². The second-order valence-corrected chi connectivity index (χ2v) is 7.75. The molecule has 1 aliphatic rings. The van der Waals surface area contributed by atoms with Gasteiger partial charge in [0.05, 0.1) is 0 Å². The van der Waals surface area contributed by atoms with E-state index in [0.29, 0.717) is 11.6 Å². The number of hydrogen-bond donors (Lipinski definition) is 3. The molecular formula is C22H29ClN4O. The Labute approximate surface area is 172 Å². The Hall–Kier alpha value is -1.95. The largest absolute Gasteiger partial charge is 0.354 e. The van der Waals surface area contributed by atoms with Gasteiger partial charge in [0.1, 0.15) is 6.04 Å². The van der Waals surface area contributed by atoms with Crippen LogP contribution in [-0.2, 0) is 11.2 Å². The van der Waals surface area contributed by atoms with Gasteiger partial charge in [0.25, 0.3) is 0 Å². The van der Waals surface area contributed by atoms with E-state index in [0.717, 1.165) is 49.5 Å². The molecule has 2 aromatic rings. The fourth-order valence-corrected chi connectivity index (χ4v) is 3.73. The Morgan fingerprint density at radius 2 is 1.82 bits per heavy atom. The molecule has 1 aromatic carbocycles. The first kappa shape index (κ1) is 20.8. The summed E-state index contributed by atoms with van der Waals surface area (Å²) in [6.07, 6.45) is 7.86. The molecule has 1 saturated heterocycles. The Morgan fingerprint density at radius 1 is 1.11 bits per heavy atom. The van der Waals surface area contributed by atoms with Crippen LogP contribution in [0.3, 0.4) is 0 Å².